The maximum absolute atomic E-state index is 6.41. The Bertz CT molecular complexity index is 512. The van der Waals surface area contributed by atoms with E-state index >= 15 is 0 Å². The molecule has 2 atom stereocenters. The summed E-state index contributed by atoms with van der Waals surface area (Å²) in [6.45, 7) is 3.40. The zero-order valence-electron chi connectivity index (χ0n) is 12.4. The summed E-state index contributed by atoms with van der Waals surface area (Å²) in [6, 6.07) is 4.19. The molecular formula is C15H21ClN2O3. The summed E-state index contributed by atoms with van der Waals surface area (Å²) in [4.78, 5) is 2.37. The van der Waals surface area contributed by atoms with E-state index < -0.39 is 0 Å². The molecule has 1 aromatic carbocycles. The summed E-state index contributed by atoms with van der Waals surface area (Å²) < 4.78 is 16.8. The summed E-state index contributed by atoms with van der Waals surface area (Å²) in [5, 5.41) is 4.03. The van der Waals surface area contributed by atoms with Crippen LogP contribution in [-0.4, -0.2) is 52.6 Å². The number of nitrogens with one attached hydrogen (secondary N) is 1. The normalized spacial score (nSPS) is 24.6. The van der Waals surface area contributed by atoms with Gasteiger partial charge >= 0.3 is 0 Å². The van der Waals surface area contributed by atoms with Gasteiger partial charge in [0.05, 0.1) is 24.4 Å². The zero-order valence-corrected chi connectivity index (χ0v) is 13.2. The summed E-state index contributed by atoms with van der Waals surface area (Å²) in [5.74, 6) is 1.49. The van der Waals surface area contributed by atoms with Crippen molar-refractivity contribution in [2.24, 2.45) is 0 Å². The van der Waals surface area contributed by atoms with E-state index in [-0.39, 0.29) is 6.10 Å². The van der Waals surface area contributed by atoms with E-state index in [1.807, 2.05) is 6.07 Å². The molecule has 0 aliphatic carbocycles. The van der Waals surface area contributed by atoms with Crippen molar-refractivity contribution in [1.82, 2.24) is 5.32 Å². The van der Waals surface area contributed by atoms with Gasteiger partial charge in [-0.3, -0.25) is 0 Å². The molecule has 5 nitrogen and oxygen atoms in total. The van der Waals surface area contributed by atoms with Crippen LogP contribution in [0.1, 0.15) is 6.42 Å². The van der Waals surface area contributed by atoms with Crippen LogP contribution in [0.2, 0.25) is 5.02 Å². The fourth-order valence-electron chi connectivity index (χ4n) is 3.10. The Kier molecular flexibility index (Phi) is 4.42. The fourth-order valence-corrected chi connectivity index (χ4v) is 3.35. The predicted molar refractivity (Wildman–Crippen MR) is 82.9 cm³/mol. The van der Waals surface area contributed by atoms with Gasteiger partial charge in [0.25, 0.3) is 0 Å². The van der Waals surface area contributed by atoms with Gasteiger partial charge in [0.15, 0.2) is 5.75 Å². The number of benzene rings is 1. The van der Waals surface area contributed by atoms with Gasteiger partial charge in [-0.15, -0.1) is 0 Å². The van der Waals surface area contributed by atoms with E-state index in [4.69, 9.17) is 25.8 Å². The molecule has 2 aliphatic heterocycles. The third kappa shape index (κ3) is 2.91. The van der Waals surface area contributed by atoms with Gasteiger partial charge in [-0.1, -0.05) is 11.6 Å². The zero-order chi connectivity index (χ0) is 14.8. The molecular weight excluding hydrogens is 292 g/mol. The van der Waals surface area contributed by atoms with Crippen LogP contribution in [0.15, 0.2) is 12.1 Å². The van der Waals surface area contributed by atoms with Crippen molar-refractivity contribution in [3.05, 3.63) is 17.2 Å². The average Bonchev–Trinajstić information content (AvgIpc) is 2.65. The molecule has 1 saturated heterocycles. The third-order valence-corrected chi connectivity index (χ3v) is 4.35. The van der Waals surface area contributed by atoms with Crippen molar-refractivity contribution in [2.75, 3.05) is 45.4 Å². The largest absolute Gasteiger partial charge is 0.497 e. The van der Waals surface area contributed by atoms with E-state index in [1.54, 1.807) is 20.3 Å². The van der Waals surface area contributed by atoms with E-state index in [2.05, 4.69) is 10.2 Å². The van der Waals surface area contributed by atoms with E-state index in [0.717, 1.165) is 43.2 Å². The number of methoxy groups -OCH3 is 2. The Labute approximate surface area is 130 Å². The summed E-state index contributed by atoms with van der Waals surface area (Å²) in [7, 11) is 3.35. The number of anilines is 1. The monoisotopic (exact) mass is 312 g/mol. The average molecular weight is 313 g/mol. The van der Waals surface area contributed by atoms with Crippen molar-refractivity contribution in [3.63, 3.8) is 0 Å². The lowest BCUT2D eigenvalue weighted by Gasteiger charge is -2.37. The molecule has 0 saturated carbocycles. The van der Waals surface area contributed by atoms with Crippen LogP contribution in [0.4, 0.5) is 5.69 Å². The van der Waals surface area contributed by atoms with Crippen molar-refractivity contribution < 1.29 is 14.2 Å². The Balaban J connectivity index is 2.03. The van der Waals surface area contributed by atoms with Crippen LogP contribution in [0.25, 0.3) is 0 Å². The number of hydrogen-bond acceptors (Lipinski definition) is 5. The molecule has 1 aromatic rings. The highest BCUT2D eigenvalue weighted by molar-refractivity contribution is 6.32. The summed E-state index contributed by atoms with van der Waals surface area (Å²) >= 11 is 6.41. The van der Waals surface area contributed by atoms with Gasteiger partial charge in [0.2, 0.25) is 0 Å². The summed E-state index contributed by atoms with van der Waals surface area (Å²) in [6.07, 6.45) is 0.920. The molecule has 0 amide bonds. The summed E-state index contributed by atoms with van der Waals surface area (Å²) in [5.41, 5.74) is 1.02. The van der Waals surface area contributed by atoms with Gasteiger partial charge < -0.3 is 24.4 Å². The second kappa shape index (κ2) is 6.30. The molecule has 0 radical (unpaired) electrons. The van der Waals surface area contributed by atoms with Gasteiger partial charge in [-0.25, -0.2) is 0 Å². The lowest BCUT2D eigenvalue weighted by molar-refractivity contribution is 0.0746. The number of fused-ring (bicyclic) bond motifs is 3. The topological polar surface area (TPSA) is 43.0 Å². The molecule has 1 N–H and O–H groups in total. The first-order valence-corrected chi connectivity index (χ1v) is 7.61. The predicted octanol–water partition coefficient (Wildman–Crippen LogP) is 1.92. The number of nitrogens with zero attached hydrogens (tertiary/aromatic N) is 1. The number of rotatable bonds is 3. The lowest BCUT2D eigenvalue weighted by Crippen LogP contribution is -2.52. The minimum Gasteiger partial charge on any atom is -0.497 e. The van der Waals surface area contributed by atoms with Crippen LogP contribution in [-0.2, 0) is 4.74 Å². The van der Waals surface area contributed by atoms with Crippen molar-refractivity contribution in [3.8, 4) is 11.5 Å². The molecule has 0 aromatic heterocycles. The quantitative estimate of drug-likeness (QED) is 0.924. The molecule has 116 valence electrons. The Hall–Kier alpha value is -1.17. The first-order chi connectivity index (χ1) is 10.2. The van der Waals surface area contributed by atoms with Gasteiger partial charge in [-0.05, 0) is 0 Å². The lowest BCUT2D eigenvalue weighted by atomic mass is 10.1. The van der Waals surface area contributed by atoms with Crippen LogP contribution in [0.3, 0.4) is 0 Å². The first-order valence-electron chi connectivity index (χ1n) is 7.23. The molecule has 0 spiro atoms. The maximum Gasteiger partial charge on any atom is 0.162 e. The molecule has 21 heavy (non-hydrogen) atoms. The van der Waals surface area contributed by atoms with E-state index in [1.165, 1.54) is 0 Å². The Morgan fingerprint density at radius 2 is 2.29 bits per heavy atom. The number of hydrogen-bond donors (Lipinski definition) is 1. The second-order valence-corrected chi connectivity index (χ2v) is 5.85. The first kappa shape index (κ1) is 14.8. The number of ether oxygens (including phenoxy) is 3. The van der Waals surface area contributed by atoms with Crippen LogP contribution >= 0.6 is 11.6 Å². The minimum atomic E-state index is 0.00884. The molecule has 2 aliphatic rings. The van der Waals surface area contributed by atoms with Gasteiger partial charge in [0, 0.05) is 51.3 Å². The van der Waals surface area contributed by atoms with Gasteiger partial charge in [0.1, 0.15) is 11.9 Å². The highest BCUT2D eigenvalue weighted by Crippen LogP contribution is 2.43. The van der Waals surface area contributed by atoms with Crippen LogP contribution < -0.4 is 19.7 Å². The van der Waals surface area contributed by atoms with Crippen molar-refractivity contribution in [1.29, 1.82) is 0 Å². The van der Waals surface area contributed by atoms with E-state index in [0.29, 0.717) is 17.7 Å². The van der Waals surface area contributed by atoms with Crippen LogP contribution in [0, 0.1) is 0 Å². The Morgan fingerprint density at radius 3 is 3.05 bits per heavy atom. The van der Waals surface area contributed by atoms with E-state index in [9.17, 15) is 0 Å². The number of piperazine rings is 1. The molecule has 3 rings (SSSR count). The highest BCUT2D eigenvalue weighted by atomic mass is 35.5. The second-order valence-electron chi connectivity index (χ2n) is 5.44. The molecule has 6 heteroatoms. The minimum absolute atomic E-state index is 0.00884. The van der Waals surface area contributed by atoms with Gasteiger partial charge in [-0.2, -0.15) is 0 Å². The smallest absolute Gasteiger partial charge is 0.162 e. The molecule has 0 unspecified atom stereocenters. The maximum atomic E-state index is 6.41. The molecule has 1 fully saturated rings. The Morgan fingerprint density at radius 1 is 1.43 bits per heavy atom. The standard InChI is InChI=1S/C15H21ClN2O3/c1-19-9-12-5-10-8-17-3-4-18(10)14-7-11(20-2)6-13(16)15(14)21-12/h6-7,10,12,17H,3-5,8-9H2,1-2H3/t10-,12+/m1/s1. The molecule has 2 heterocycles. The van der Waals surface area contributed by atoms with Crippen molar-refractivity contribution >= 4 is 17.3 Å². The van der Waals surface area contributed by atoms with Crippen molar-refractivity contribution in [2.45, 2.75) is 18.6 Å². The third-order valence-electron chi connectivity index (χ3n) is 4.06. The highest BCUT2D eigenvalue weighted by Gasteiger charge is 2.33. The number of halogens is 1. The fraction of sp³-hybridized carbons (Fsp3) is 0.600. The SMILES string of the molecule is COC[C@@H]1C[C@@H]2CNCCN2c2cc(OC)cc(Cl)c2O1. The van der Waals surface area contributed by atoms with Crippen LogP contribution in [0.5, 0.6) is 11.5 Å². The molecule has 0 bridgehead atoms.